The van der Waals surface area contributed by atoms with Gasteiger partial charge in [0.1, 0.15) is 0 Å². The molecule has 1 aromatic heterocycles. The summed E-state index contributed by atoms with van der Waals surface area (Å²) in [5.41, 5.74) is 0. The lowest BCUT2D eigenvalue weighted by Crippen LogP contribution is -2.46. The summed E-state index contributed by atoms with van der Waals surface area (Å²) in [4.78, 5) is 24.7. The van der Waals surface area contributed by atoms with E-state index in [0.717, 1.165) is 19.3 Å². The van der Waals surface area contributed by atoms with Crippen molar-refractivity contribution in [2.75, 3.05) is 11.9 Å². The van der Waals surface area contributed by atoms with Crippen LogP contribution in [0.5, 0.6) is 0 Å². The van der Waals surface area contributed by atoms with Crippen LogP contribution < -0.4 is 5.32 Å². The average Bonchev–Trinajstić information content (AvgIpc) is 2.82. The largest absolute Gasteiger partial charge is 0.481 e. The first-order valence-electron chi connectivity index (χ1n) is 6.85. The second-order valence-electron chi connectivity index (χ2n) is 5.08. The highest BCUT2D eigenvalue weighted by Gasteiger charge is 2.27. The van der Waals surface area contributed by atoms with Gasteiger partial charge in [0.25, 0.3) is 0 Å². The third kappa shape index (κ3) is 3.72. The first-order valence-corrected chi connectivity index (χ1v) is 6.85. The fraction of sp³-hybridized carbons (Fsp3) is 0.615. The number of carboxylic acid groups (broad SMARTS) is 1. The second-order valence-corrected chi connectivity index (χ2v) is 5.08. The summed E-state index contributed by atoms with van der Waals surface area (Å²) < 4.78 is 1.62. The zero-order valence-electron chi connectivity index (χ0n) is 11.6. The zero-order chi connectivity index (χ0) is 14.5. The molecule has 1 aliphatic heterocycles. The monoisotopic (exact) mass is 280 g/mol. The number of aliphatic carboxylic acids is 1. The number of nitrogens with zero attached hydrogens (tertiary/aromatic N) is 3. The number of likely N-dealkylation sites (tertiary alicyclic amines) is 1. The lowest BCUT2D eigenvalue weighted by Gasteiger charge is -2.35. The van der Waals surface area contributed by atoms with Crippen LogP contribution >= 0.6 is 0 Å². The summed E-state index contributed by atoms with van der Waals surface area (Å²) >= 11 is 0. The minimum Gasteiger partial charge on any atom is -0.481 e. The molecule has 2 rings (SSSR count). The van der Waals surface area contributed by atoms with Crippen molar-refractivity contribution in [3.05, 3.63) is 12.3 Å². The van der Waals surface area contributed by atoms with Gasteiger partial charge in [0.15, 0.2) is 5.82 Å². The number of hydrogen-bond acceptors (Lipinski definition) is 3. The van der Waals surface area contributed by atoms with Crippen molar-refractivity contribution in [3.8, 4) is 0 Å². The molecule has 2 amide bonds. The first-order chi connectivity index (χ1) is 9.56. The molecule has 0 aromatic carbocycles. The summed E-state index contributed by atoms with van der Waals surface area (Å²) in [6.45, 7) is 0.670. The molecule has 0 saturated carbocycles. The molecule has 0 spiro atoms. The van der Waals surface area contributed by atoms with E-state index in [2.05, 4.69) is 10.4 Å². The van der Waals surface area contributed by atoms with Crippen molar-refractivity contribution in [2.45, 2.75) is 38.1 Å². The van der Waals surface area contributed by atoms with Gasteiger partial charge < -0.3 is 10.0 Å². The van der Waals surface area contributed by atoms with Crippen molar-refractivity contribution >= 4 is 17.8 Å². The molecule has 20 heavy (non-hydrogen) atoms. The van der Waals surface area contributed by atoms with Gasteiger partial charge in [-0.15, -0.1) is 0 Å². The minimum atomic E-state index is -0.819. The van der Waals surface area contributed by atoms with Gasteiger partial charge in [-0.05, 0) is 25.7 Å². The third-order valence-corrected chi connectivity index (χ3v) is 3.53. The molecule has 1 aromatic rings. The Hall–Kier alpha value is -2.05. The Labute approximate surface area is 117 Å². The van der Waals surface area contributed by atoms with Gasteiger partial charge in [-0.1, -0.05) is 0 Å². The van der Waals surface area contributed by atoms with Crippen molar-refractivity contribution in [3.63, 3.8) is 0 Å². The van der Waals surface area contributed by atoms with Gasteiger partial charge >= 0.3 is 12.0 Å². The lowest BCUT2D eigenvalue weighted by atomic mass is 9.98. The number of nitrogens with one attached hydrogen (secondary N) is 1. The molecular formula is C13H20N4O3. The first kappa shape index (κ1) is 14.4. The predicted octanol–water partition coefficient (Wildman–Crippen LogP) is 1.67. The highest BCUT2D eigenvalue weighted by atomic mass is 16.4. The van der Waals surface area contributed by atoms with Crippen LogP contribution in [-0.2, 0) is 11.8 Å². The fourth-order valence-corrected chi connectivity index (χ4v) is 2.52. The van der Waals surface area contributed by atoms with E-state index in [9.17, 15) is 9.59 Å². The van der Waals surface area contributed by atoms with E-state index in [1.54, 1.807) is 28.9 Å². The Bertz CT molecular complexity index is 486. The van der Waals surface area contributed by atoms with Crippen LogP contribution in [0.1, 0.15) is 32.1 Å². The van der Waals surface area contributed by atoms with Crippen LogP contribution in [0.15, 0.2) is 12.3 Å². The second kappa shape index (κ2) is 6.40. The molecular weight excluding hydrogens is 260 g/mol. The van der Waals surface area contributed by atoms with Gasteiger partial charge in [-0.3, -0.25) is 14.8 Å². The molecule has 110 valence electrons. The van der Waals surface area contributed by atoms with Crippen molar-refractivity contribution in [1.82, 2.24) is 14.7 Å². The van der Waals surface area contributed by atoms with Gasteiger partial charge in [0.2, 0.25) is 0 Å². The Morgan fingerprint density at radius 3 is 2.95 bits per heavy atom. The number of aryl methyl sites for hydroxylation is 1. The number of aromatic nitrogens is 2. The molecule has 2 heterocycles. The summed E-state index contributed by atoms with van der Waals surface area (Å²) in [5, 5.41) is 15.6. The molecule has 0 bridgehead atoms. The average molecular weight is 280 g/mol. The van der Waals surface area contributed by atoms with E-state index in [1.165, 1.54) is 0 Å². The highest BCUT2D eigenvalue weighted by Crippen LogP contribution is 2.21. The topological polar surface area (TPSA) is 87.5 Å². The lowest BCUT2D eigenvalue weighted by molar-refractivity contribution is -0.137. The number of hydrogen-bond donors (Lipinski definition) is 2. The van der Waals surface area contributed by atoms with Crippen LogP contribution in [0.4, 0.5) is 10.6 Å². The van der Waals surface area contributed by atoms with Crippen LogP contribution in [0.3, 0.4) is 0 Å². The van der Waals surface area contributed by atoms with Gasteiger partial charge in [-0.2, -0.15) is 5.10 Å². The van der Waals surface area contributed by atoms with E-state index in [4.69, 9.17) is 5.11 Å². The Kier molecular flexibility index (Phi) is 4.60. The molecule has 1 unspecified atom stereocenters. The smallest absolute Gasteiger partial charge is 0.323 e. The Balaban J connectivity index is 1.95. The number of carbonyl (C=O) groups is 2. The molecule has 1 saturated heterocycles. The molecule has 7 heteroatoms. The van der Waals surface area contributed by atoms with Crippen LogP contribution in [-0.4, -0.2) is 44.4 Å². The number of carboxylic acids is 1. The molecule has 1 aliphatic rings. The predicted molar refractivity (Wildman–Crippen MR) is 73.4 cm³/mol. The van der Waals surface area contributed by atoms with Crippen LogP contribution in [0.25, 0.3) is 0 Å². The normalized spacial score (nSPS) is 18.9. The summed E-state index contributed by atoms with van der Waals surface area (Å²) in [5.74, 6) is -0.305. The molecule has 2 N–H and O–H groups in total. The van der Waals surface area contributed by atoms with E-state index in [-0.39, 0.29) is 18.5 Å². The standard InChI is InChI=1S/C13H20N4O3/c1-16-9-7-11(15-16)14-13(20)17-8-3-2-4-10(17)5-6-12(18)19/h7,9-10H,2-6,8H2,1H3,(H,18,19)(H,14,15,20). The Morgan fingerprint density at radius 1 is 1.50 bits per heavy atom. The van der Waals surface area contributed by atoms with Crippen molar-refractivity contribution < 1.29 is 14.7 Å². The molecule has 0 aliphatic carbocycles. The summed E-state index contributed by atoms with van der Waals surface area (Å²) in [6, 6.07) is 1.54. The van der Waals surface area contributed by atoms with Crippen LogP contribution in [0.2, 0.25) is 0 Å². The Morgan fingerprint density at radius 2 is 2.30 bits per heavy atom. The van der Waals surface area contributed by atoms with E-state index < -0.39 is 5.97 Å². The van der Waals surface area contributed by atoms with E-state index >= 15 is 0 Å². The molecule has 7 nitrogen and oxygen atoms in total. The van der Waals surface area contributed by atoms with Gasteiger partial charge in [-0.25, -0.2) is 4.79 Å². The molecule has 1 fully saturated rings. The van der Waals surface area contributed by atoms with Crippen molar-refractivity contribution in [1.29, 1.82) is 0 Å². The fourth-order valence-electron chi connectivity index (χ4n) is 2.52. The van der Waals surface area contributed by atoms with Crippen LogP contribution in [0, 0.1) is 0 Å². The van der Waals surface area contributed by atoms with Crippen molar-refractivity contribution in [2.24, 2.45) is 7.05 Å². The number of rotatable bonds is 4. The maximum Gasteiger partial charge on any atom is 0.323 e. The van der Waals surface area contributed by atoms with E-state index in [1.807, 2.05) is 0 Å². The third-order valence-electron chi connectivity index (χ3n) is 3.53. The summed E-state index contributed by atoms with van der Waals surface area (Å²) in [6.07, 6.45) is 5.22. The summed E-state index contributed by atoms with van der Waals surface area (Å²) in [7, 11) is 1.78. The molecule has 0 radical (unpaired) electrons. The van der Waals surface area contributed by atoms with Gasteiger partial charge in [0, 0.05) is 38.3 Å². The quantitative estimate of drug-likeness (QED) is 0.878. The number of carbonyl (C=O) groups excluding carboxylic acids is 1. The van der Waals surface area contributed by atoms with E-state index in [0.29, 0.717) is 18.8 Å². The molecule has 1 atom stereocenters. The zero-order valence-corrected chi connectivity index (χ0v) is 11.6. The number of anilines is 1. The number of amides is 2. The number of urea groups is 1. The SMILES string of the molecule is Cn1ccc(NC(=O)N2CCCCC2CCC(=O)O)n1. The highest BCUT2D eigenvalue weighted by molar-refractivity contribution is 5.88. The maximum absolute atomic E-state index is 12.2. The minimum absolute atomic E-state index is 0.00330. The number of piperidine rings is 1. The maximum atomic E-state index is 12.2. The van der Waals surface area contributed by atoms with Gasteiger partial charge in [0.05, 0.1) is 0 Å².